The number of benzene rings is 1. The highest BCUT2D eigenvalue weighted by atomic mass is 32.1. The number of carbonyl (C=O) groups excluding carboxylic acids is 2. The van der Waals surface area contributed by atoms with Gasteiger partial charge in [0.25, 0.3) is 5.91 Å². The van der Waals surface area contributed by atoms with Crippen molar-refractivity contribution < 1.29 is 23.8 Å². The standard InChI is InChI=1S/C21H24N4O5S/c1-12-17-20(30-4)24-15(10-28-2)25-21(17)31-18(12)19(27)22-9-13-6-5-7-14(8-13)23-16(26)11-29-3/h5-8H,9-11H2,1-4H3,(H,22,27)(H,23,26). The molecule has 0 aliphatic rings. The van der Waals surface area contributed by atoms with E-state index in [9.17, 15) is 9.59 Å². The minimum atomic E-state index is -0.243. The first-order chi connectivity index (χ1) is 15.0. The molecule has 31 heavy (non-hydrogen) atoms. The normalized spacial score (nSPS) is 10.8. The lowest BCUT2D eigenvalue weighted by Gasteiger charge is -2.08. The van der Waals surface area contributed by atoms with Crippen LogP contribution < -0.4 is 15.4 Å². The largest absolute Gasteiger partial charge is 0.480 e. The molecule has 3 rings (SSSR count). The molecule has 0 unspecified atom stereocenters. The van der Waals surface area contributed by atoms with Crippen LogP contribution in [0.25, 0.3) is 10.2 Å². The van der Waals surface area contributed by atoms with Gasteiger partial charge in [-0.3, -0.25) is 9.59 Å². The fourth-order valence-electron chi connectivity index (χ4n) is 3.05. The molecule has 0 spiro atoms. The lowest BCUT2D eigenvalue weighted by Crippen LogP contribution is -2.22. The van der Waals surface area contributed by atoms with Gasteiger partial charge >= 0.3 is 0 Å². The number of amides is 2. The monoisotopic (exact) mass is 444 g/mol. The van der Waals surface area contributed by atoms with Crippen molar-refractivity contribution in [3.05, 3.63) is 46.1 Å². The molecule has 3 aromatic rings. The second kappa shape index (κ2) is 10.3. The van der Waals surface area contributed by atoms with Crippen molar-refractivity contribution >= 4 is 39.1 Å². The maximum absolute atomic E-state index is 12.9. The molecule has 2 N–H and O–H groups in total. The highest BCUT2D eigenvalue weighted by molar-refractivity contribution is 7.20. The fourth-order valence-corrected chi connectivity index (χ4v) is 4.16. The van der Waals surface area contributed by atoms with E-state index in [0.29, 0.717) is 33.6 Å². The maximum Gasteiger partial charge on any atom is 0.261 e. The lowest BCUT2D eigenvalue weighted by atomic mass is 10.1. The van der Waals surface area contributed by atoms with Crippen LogP contribution in [0, 0.1) is 6.92 Å². The third-order valence-corrected chi connectivity index (χ3v) is 5.60. The minimum Gasteiger partial charge on any atom is -0.480 e. The summed E-state index contributed by atoms with van der Waals surface area (Å²) < 4.78 is 15.3. The fraction of sp³-hybridized carbons (Fsp3) is 0.333. The van der Waals surface area contributed by atoms with Gasteiger partial charge in [0, 0.05) is 26.5 Å². The zero-order chi connectivity index (χ0) is 22.4. The Balaban J connectivity index is 1.76. The molecule has 0 fully saturated rings. The van der Waals surface area contributed by atoms with Gasteiger partial charge in [-0.2, -0.15) is 4.98 Å². The highest BCUT2D eigenvalue weighted by Gasteiger charge is 2.21. The zero-order valence-electron chi connectivity index (χ0n) is 17.8. The van der Waals surface area contributed by atoms with Crippen LogP contribution in [0.5, 0.6) is 5.88 Å². The summed E-state index contributed by atoms with van der Waals surface area (Å²) >= 11 is 1.28. The number of rotatable bonds is 9. The smallest absolute Gasteiger partial charge is 0.261 e. The molecule has 2 heterocycles. The number of nitrogens with zero attached hydrogens (tertiary/aromatic N) is 2. The third kappa shape index (κ3) is 5.35. The van der Waals surface area contributed by atoms with E-state index < -0.39 is 0 Å². The van der Waals surface area contributed by atoms with E-state index in [-0.39, 0.29) is 25.0 Å². The molecular weight excluding hydrogens is 420 g/mol. The van der Waals surface area contributed by atoms with Gasteiger partial charge in [-0.1, -0.05) is 12.1 Å². The average Bonchev–Trinajstić information content (AvgIpc) is 3.08. The van der Waals surface area contributed by atoms with E-state index in [1.54, 1.807) is 19.2 Å². The first kappa shape index (κ1) is 22.6. The Morgan fingerprint density at radius 2 is 1.94 bits per heavy atom. The van der Waals surface area contributed by atoms with Gasteiger partial charge in [-0.15, -0.1) is 11.3 Å². The molecule has 0 aliphatic heterocycles. The third-order valence-electron chi connectivity index (χ3n) is 4.42. The van der Waals surface area contributed by atoms with Crippen LogP contribution in [0.4, 0.5) is 5.69 Å². The second-order valence-corrected chi connectivity index (χ2v) is 7.68. The maximum atomic E-state index is 12.9. The number of anilines is 1. The molecule has 0 aliphatic carbocycles. The molecule has 2 amide bonds. The Morgan fingerprint density at radius 1 is 1.13 bits per heavy atom. The number of hydrogen-bond acceptors (Lipinski definition) is 8. The van der Waals surface area contributed by atoms with E-state index in [2.05, 4.69) is 20.6 Å². The van der Waals surface area contributed by atoms with Crippen molar-refractivity contribution in [1.82, 2.24) is 15.3 Å². The molecule has 0 atom stereocenters. The van der Waals surface area contributed by atoms with Crippen LogP contribution in [0.1, 0.15) is 26.6 Å². The predicted octanol–water partition coefficient (Wildman–Crippen LogP) is 2.67. The van der Waals surface area contributed by atoms with Crippen LogP contribution in [0.15, 0.2) is 24.3 Å². The second-order valence-electron chi connectivity index (χ2n) is 6.68. The SMILES string of the molecule is COCC(=O)Nc1cccc(CNC(=O)c2sc3nc(COC)nc(OC)c3c2C)c1. The van der Waals surface area contributed by atoms with Crippen molar-refractivity contribution in [3.63, 3.8) is 0 Å². The summed E-state index contributed by atoms with van der Waals surface area (Å²) in [6, 6.07) is 7.26. The van der Waals surface area contributed by atoms with Gasteiger partial charge < -0.3 is 24.8 Å². The predicted molar refractivity (Wildman–Crippen MR) is 118 cm³/mol. The Labute approximate surface area is 183 Å². The molecule has 0 bridgehead atoms. The van der Waals surface area contributed by atoms with Crippen LogP contribution in [0.3, 0.4) is 0 Å². The molecule has 0 radical (unpaired) electrons. The Morgan fingerprint density at radius 3 is 2.65 bits per heavy atom. The first-order valence-electron chi connectivity index (χ1n) is 9.45. The molecule has 9 nitrogen and oxygen atoms in total. The zero-order valence-corrected chi connectivity index (χ0v) is 18.6. The topological polar surface area (TPSA) is 112 Å². The number of ether oxygens (including phenoxy) is 3. The van der Waals surface area contributed by atoms with Gasteiger partial charge in [0.1, 0.15) is 18.0 Å². The summed E-state index contributed by atoms with van der Waals surface area (Å²) in [5, 5.41) is 6.39. The van der Waals surface area contributed by atoms with E-state index in [1.165, 1.54) is 25.6 Å². The van der Waals surface area contributed by atoms with Gasteiger partial charge in [-0.05, 0) is 30.2 Å². The molecule has 0 saturated carbocycles. The van der Waals surface area contributed by atoms with E-state index in [1.807, 2.05) is 19.1 Å². The van der Waals surface area contributed by atoms with Crippen molar-refractivity contribution in [2.45, 2.75) is 20.1 Å². The number of thiophene rings is 1. The number of carbonyl (C=O) groups is 2. The van der Waals surface area contributed by atoms with E-state index >= 15 is 0 Å². The van der Waals surface area contributed by atoms with Gasteiger partial charge in [0.15, 0.2) is 5.82 Å². The van der Waals surface area contributed by atoms with Gasteiger partial charge in [-0.25, -0.2) is 4.98 Å². The van der Waals surface area contributed by atoms with Crippen molar-refractivity contribution in [2.75, 3.05) is 33.3 Å². The molecule has 0 saturated heterocycles. The summed E-state index contributed by atoms with van der Waals surface area (Å²) in [5.74, 6) is 0.453. The van der Waals surface area contributed by atoms with Crippen molar-refractivity contribution in [2.24, 2.45) is 0 Å². The average molecular weight is 445 g/mol. The van der Waals surface area contributed by atoms with Crippen molar-refractivity contribution in [1.29, 1.82) is 0 Å². The number of methoxy groups -OCH3 is 3. The van der Waals surface area contributed by atoms with E-state index in [0.717, 1.165) is 16.5 Å². The first-order valence-corrected chi connectivity index (χ1v) is 10.3. The van der Waals surface area contributed by atoms with Gasteiger partial charge in [0.05, 0.1) is 17.4 Å². The number of aryl methyl sites for hydroxylation is 1. The molecule has 164 valence electrons. The number of fused-ring (bicyclic) bond motifs is 1. The van der Waals surface area contributed by atoms with E-state index in [4.69, 9.17) is 14.2 Å². The Hall–Kier alpha value is -3.08. The quantitative estimate of drug-likeness (QED) is 0.522. The van der Waals surface area contributed by atoms with Crippen LogP contribution in [0.2, 0.25) is 0 Å². The van der Waals surface area contributed by atoms with Crippen LogP contribution >= 0.6 is 11.3 Å². The summed E-state index contributed by atoms with van der Waals surface area (Å²) in [6.45, 7) is 2.38. The summed E-state index contributed by atoms with van der Waals surface area (Å²) in [6.07, 6.45) is 0. The Bertz CT molecular complexity index is 1100. The molecule has 10 heteroatoms. The van der Waals surface area contributed by atoms with Gasteiger partial charge in [0.2, 0.25) is 11.8 Å². The highest BCUT2D eigenvalue weighted by Crippen LogP contribution is 2.35. The number of hydrogen-bond donors (Lipinski definition) is 2. The minimum absolute atomic E-state index is 0.0232. The number of aromatic nitrogens is 2. The van der Waals surface area contributed by atoms with Crippen molar-refractivity contribution in [3.8, 4) is 5.88 Å². The molecular formula is C21H24N4O5S. The number of nitrogens with one attached hydrogen (secondary N) is 2. The molecule has 2 aromatic heterocycles. The van der Waals surface area contributed by atoms with Crippen LogP contribution in [-0.4, -0.2) is 49.7 Å². The summed E-state index contributed by atoms with van der Waals surface area (Å²) in [7, 11) is 4.56. The summed E-state index contributed by atoms with van der Waals surface area (Å²) in [5.41, 5.74) is 2.25. The van der Waals surface area contributed by atoms with Crippen LogP contribution in [-0.2, 0) is 27.4 Å². The molecule has 1 aromatic carbocycles. The summed E-state index contributed by atoms with van der Waals surface area (Å²) in [4.78, 5) is 34.6. The lowest BCUT2D eigenvalue weighted by molar-refractivity contribution is -0.119. The Kier molecular flexibility index (Phi) is 7.50.